The summed E-state index contributed by atoms with van der Waals surface area (Å²) in [7, 11) is 0. The molecule has 1 aliphatic rings. The number of hydrogen-bond donors (Lipinski definition) is 0. The Bertz CT molecular complexity index is 268. The van der Waals surface area contributed by atoms with Crippen molar-refractivity contribution in [2.45, 2.75) is 19.4 Å². The molecule has 1 aromatic rings. The molecule has 72 valence electrons. The highest BCUT2D eigenvalue weighted by Crippen LogP contribution is 2.17. The average molecular weight is 245 g/mol. The van der Waals surface area contributed by atoms with Crippen LogP contribution in [0.3, 0.4) is 0 Å². The molecule has 3 nitrogen and oxygen atoms in total. The standard InChI is InChI=1S/C9H13BrN2O/c10-9-1-4-12(11-9)7-8-2-5-13-6-3-8/h1,4,8H,2-3,5-7H2. The summed E-state index contributed by atoms with van der Waals surface area (Å²) >= 11 is 3.34. The van der Waals surface area contributed by atoms with Crippen LogP contribution < -0.4 is 0 Å². The topological polar surface area (TPSA) is 27.1 Å². The van der Waals surface area contributed by atoms with Gasteiger partial charge in [0.2, 0.25) is 0 Å². The molecule has 0 aromatic carbocycles. The maximum atomic E-state index is 5.30. The van der Waals surface area contributed by atoms with Crippen molar-refractivity contribution in [2.24, 2.45) is 5.92 Å². The van der Waals surface area contributed by atoms with Gasteiger partial charge >= 0.3 is 0 Å². The molecule has 2 rings (SSSR count). The minimum atomic E-state index is 0.737. The van der Waals surface area contributed by atoms with E-state index in [2.05, 4.69) is 21.0 Å². The van der Waals surface area contributed by atoms with E-state index in [9.17, 15) is 0 Å². The lowest BCUT2D eigenvalue weighted by atomic mass is 10.0. The monoisotopic (exact) mass is 244 g/mol. The third kappa shape index (κ3) is 2.54. The van der Waals surface area contributed by atoms with Gasteiger partial charge in [-0.15, -0.1) is 0 Å². The van der Waals surface area contributed by atoms with Gasteiger partial charge in [0.05, 0.1) is 0 Å². The van der Waals surface area contributed by atoms with Gasteiger partial charge in [0, 0.05) is 26.0 Å². The smallest absolute Gasteiger partial charge is 0.128 e. The molecular formula is C9H13BrN2O. The first-order chi connectivity index (χ1) is 6.34. The van der Waals surface area contributed by atoms with Crippen LogP contribution in [-0.4, -0.2) is 23.0 Å². The molecule has 0 radical (unpaired) electrons. The predicted molar refractivity (Wildman–Crippen MR) is 53.5 cm³/mol. The number of rotatable bonds is 2. The van der Waals surface area contributed by atoms with Crippen LogP contribution in [0, 0.1) is 5.92 Å². The van der Waals surface area contributed by atoms with E-state index in [1.807, 2.05) is 16.9 Å². The van der Waals surface area contributed by atoms with Gasteiger partial charge in [0.1, 0.15) is 4.60 Å². The molecule has 2 heterocycles. The first-order valence-electron chi connectivity index (χ1n) is 4.61. The van der Waals surface area contributed by atoms with Crippen LogP contribution in [0.5, 0.6) is 0 Å². The van der Waals surface area contributed by atoms with Crippen molar-refractivity contribution in [2.75, 3.05) is 13.2 Å². The molecule has 4 heteroatoms. The third-order valence-electron chi connectivity index (χ3n) is 2.39. The zero-order chi connectivity index (χ0) is 9.10. The van der Waals surface area contributed by atoms with Gasteiger partial charge in [-0.3, -0.25) is 4.68 Å². The highest BCUT2D eigenvalue weighted by atomic mass is 79.9. The summed E-state index contributed by atoms with van der Waals surface area (Å²) in [6.45, 7) is 2.84. The molecule has 0 saturated carbocycles. The minimum Gasteiger partial charge on any atom is -0.381 e. The Labute approximate surface area is 86.2 Å². The summed E-state index contributed by atoms with van der Waals surface area (Å²) < 4.78 is 8.22. The lowest BCUT2D eigenvalue weighted by Crippen LogP contribution is -2.20. The van der Waals surface area contributed by atoms with Gasteiger partial charge in [-0.05, 0) is 40.8 Å². The van der Waals surface area contributed by atoms with Gasteiger partial charge in [-0.25, -0.2) is 0 Å². The van der Waals surface area contributed by atoms with Crippen molar-refractivity contribution in [1.82, 2.24) is 9.78 Å². The van der Waals surface area contributed by atoms with Crippen molar-refractivity contribution in [3.05, 3.63) is 16.9 Å². The molecule has 1 saturated heterocycles. The summed E-state index contributed by atoms with van der Waals surface area (Å²) in [5, 5.41) is 4.30. The van der Waals surface area contributed by atoms with E-state index in [1.54, 1.807) is 0 Å². The van der Waals surface area contributed by atoms with Crippen molar-refractivity contribution < 1.29 is 4.74 Å². The molecule has 0 atom stereocenters. The van der Waals surface area contributed by atoms with E-state index in [-0.39, 0.29) is 0 Å². The molecule has 1 aliphatic heterocycles. The van der Waals surface area contributed by atoms with Crippen molar-refractivity contribution in [1.29, 1.82) is 0 Å². The average Bonchev–Trinajstić information content (AvgIpc) is 2.53. The molecule has 0 bridgehead atoms. The van der Waals surface area contributed by atoms with Crippen LogP contribution >= 0.6 is 15.9 Å². The fraction of sp³-hybridized carbons (Fsp3) is 0.667. The molecule has 0 amide bonds. The first kappa shape index (κ1) is 9.21. The summed E-state index contributed by atoms with van der Waals surface area (Å²) in [4.78, 5) is 0. The molecule has 1 aromatic heterocycles. The van der Waals surface area contributed by atoms with E-state index in [0.29, 0.717) is 0 Å². The van der Waals surface area contributed by atoms with Crippen LogP contribution in [0.4, 0.5) is 0 Å². The maximum Gasteiger partial charge on any atom is 0.128 e. The largest absolute Gasteiger partial charge is 0.381 e. The van der Waals surface area contributed by atoms with E-state index < -0.39 is 0 Å². The minimum absolute atomic E-state index is 0.737. The van der Waals surface area contributed by atoms with E-state index in [1.165, 1.54) is 0 Å². The lowest BCUT2D eigenvalue weighted by Gasteiger charge is -2.21. The third-order valence-corrected chi connectivity index (χ3v) is 2.82. The Balaban J connectivity index is 1.89. The van der Waals surface area contributed by atoms with Crippen LogP contribution in [0.2, 0.25) is 0 Å². The van der Waals surface area contributed by atoms with Crippen LogP contribution in [0.15, 0.2) is 16.9 Å². The Morgan fingerprint density at radius 2 is 2.31 bits per heavy atom. The number of ether oxygens (including phenoxy) is 1. The molecule has 0 N–H and O–H groups in total. The number of nitrogens with zero attached hydrogens (tertiary/aromatic N) is 2. The Hall–Kier alpha value is -0.350. The van der Waals surface area contributed by atoms with Crippen LogP contribution in [0.25, 0.3) is 0 Å². The van der Waals surface area contributed by atoms with E-state index in [4.69, 9.17) is 4.74 Å². The summed E-state index contributed by atoms with van der Waals surface area (Å²) in [6, 6.07) is 1.97. The van der Waals surface area contributed by atoms with E-state index in [0.717, 1.165) is 43.1 Å². The molecule has 13 heavy (non-hydrogen) atoms. The molecule has 0 spiro atoms. The zero-order valence-corrected chi connectivity index (χ0v) is 9.03. The Morgan fingerprint density at radius 1 is 1.54 bits per heavy atom. The number of hydrogen-bond acceptors (Lipinski definition) is 2. The van der Waals surface area contributed by atoms with Gasteiger partial charge in [-0.2, -0.15) is 5.10 Å². The van der Waals surface area contributed by atoms with Gasteiger partial charge in [-0.1, -0.05) is 0 Å². The quantitative estimate of drug-likeness (QED) is 0.797. The Kier molecular flexibility index (Phi) is 3.01. The van der Waals surface area contributed by atoms with Gasteiger partial charge in [0.15, 0.2) is 0 Å². The van der Waals surface area contributed by atoms with Crippen LogP contribution in [-0.2, 0) is 11.3 Å². The molecule has 0 aliphatic carbocycles. The number of halogens is 1. The van der Waals surface area contributed by atoms with Crippen LogP contribution in [0.1, 0.15) is 12.8 Å². The zero-order valence-electron chi connectivity index (χ0n) is 7.45. The molecule has 1 fully saturated rings. The highest BCUT2D eigenvalue weighted by molar-refractivity contribution is 9.10. The fourth-order valence-electron chi connectivity index (χ4n) is 1.63. The second kappa shape index (κ2) is 4.24. The van der Waals surface area contributed by atoms with Crippen molar-refractivity contribution >= 4 is 15.9 Å². The SMILES string of the molecule is Brc1ccn(CC2CCOCC2)n1. The maximum absolute atomic E-state index is 5.30. The van der Waals surface area contributed by atoms with Gasteiger partial charge in [0.25, 0.3) is 0 Å². The summed E-state index contributed by atoms with van der Waals surface area (Å²) in [5.74, 6) is 0.737. The van der Waals surface area contributed by atoms with Crippen molar-refractivity contribution in [3.8, 4) is 0 Å². The predicted octanol–water partition coefficient (Wildman–Crippen LogP) is 2.07. The normalized spacial score (nSPS) is 19.2. The van der Waals surface area contributed by atoms with E-state index >= 15 is 0 Å². The molecule has 0 unspecified atom stereocenters. The second-order valence-electron chi connectivity index (χ2n) is 3.42. The van der Waals surface area contributed by atoms with Gasteiger partial charge < -0.3 is 4.74 Å². The molecular weight excluding hydrogens is 232 g/mol. The summed E-state index contributed by atoms with van der Waals surface area (Å²) in [6.07, 6.45) is 4.34. The first-order valence-corrected chi connectivity index (χ1v) is 5.40. The second-order valence-corrected chi connectivity index (χ2v) is 4.23. The highest BCUT2D eigenvalue weighted by Gasteiger charge is 2.14. The van der Waals surface area contributed by atoms with Crippen molar-refractivity contribution in [3.63, 3.8) is 0 Å². The fourth-order valence-corrected chi connectivity index (χ4v) is 1.95. The summed E-state index contributed by atoms with van der Waals surface area (Å²) in [5.41, 5.74) is 0. The lowest BCUT2D eigenvalue weighted by molar-refractivity contribution is 0.0601. The number of aromatic nitrogens is 2. The Morgan fingerprint density at radius 3 is 2.92 bits per heavy atom.